The largest absolute Gasteiger partial charge is 0.288 e. The monoisotopic (exact) mass is 298 g/mol. The molecule has 0 aliphatic heterocycles. The number of nitrogens with zero attached hydrogens (tertiary/aromatic N) is 2. The lowest BCUT2D eigenvalue weighted by Gasteiger charge is -2.03. The standard InChI is InChI=1S/C20H14N2O/c23-20(16-9-5-2-6-10-16)18-13-21-22-14-17(11-12-19(18)22)15-7-3-1-4-8-15/h1-14H. The second kappa shape index (κ2) is 5.54. The van der Waals surface area contributed by atoms with Crippen molar-refractivity contribution in [2.75, 3.05) is 0 Å². The Morgan fingerprint density at radius 3 is 2.22 bits per heavy atom. The number of fused-ring (bicyclic) bond motifs is 1. The summed E-state index contributed by atoms with van der Waals surface area (Å²) in [7, 11) is 0. The summed E-state index contributed by atoms with van der Waals surface area (Å²) in [5.74, 6) is -0.00642. The predicted molar refractivity (Wildman–Crippen MR) is 90.5 cm³/mol. The van der Waals surface area contributed by atoms with Gasteiger partial charge in [0.15, 0.2) is 5.78 Å². The first-order valence-electron chi connectivity index (χ1n) is 7.45. The molecule has 4 aromatic rings. The van der Waals surface area contributed by atoms with E-state index in [2.05, 4.69) is 17.2 Å². The highest BCUT2D eigenvalue weighted by molar-refractivity contribution is 6.13. The predicted octanol–water partition coefficient (Wildman–Crippen LogP) is 4.23. The van der Waals surface area contributed by atoms with Gasteiger partial charge in [0.25, 0.3) is 0 Å². The van der Waals surface area contributed by atoms with Crippen LogP contribution in [-0.4, -0.2) is 15.4 Å². The second-order valence-electron chi connectivity index (χ2n) is 5.37. The Morgan fingerprint density at radius 1 is 0.783 bits per heavy atom. The van der Waals surface area contributed by atoms with Crippen molar-refractivity contribution >= 4 is 11.3 Å². The van der Waals surface area contributed by atoms with E-state index in [1.54, 1.807) is 10.7 Å². The van der Waals surface area contributed by atoms with Crippen molar-refractivity contribution in [3.63, 3.8) is 0 Å². The number of hydrogen-bond acceptors (Lipinski definition) is 2. The van der Waals surface area contributed by atoms with Crippen LogP contribution in [-0.2, 0) is 0 Å². The lowest BCUT2D eigenvalue weighted by atomic mass is 10.0. The summed E-state index contributed by atoms with van der Waals surface area (Å²) in [5, 5.41) is 4.35. The van der Waals surface area contributed by atoms with E-state index >= 15 is 0 Å². The maximum Gasteiger partial charge on any atom is 0.196 e. The van der Waals surface area contributed by atoms with Crippen LogP contribution < -0.4 is 0 Å². The molecule has 0 saturated carbocycles. The molecule has 3 nitrogen and oxygen atoms in total. The van der Waals surface area contributed by atoms with Crippen LogP contribution in [0.3, 0.4) is 0 Å². The van der Waals surface area contributed by atoms with Crippen LogP contribution in [0.4, 0.5) is 0 Å². The lowest BCUT2D eigenvalue weighted by molar-refractivity contribution is 0.104. The molecule has 2 aromatic heterocycles. The number of aromatic nitrogens is 2. The van der Waals surface area contributed by atoms with Gasteiger partial charge in [-0.3, -0.25) is 4.79 Å². The second-order valence-corrected chi connectivity index (χ2v) is 5.37. The molecule has 2 heterocycles. The van der Waals surface area contributed by atoms with Gasteiger partial charge in [-0.15, -0.1) is 0 Å². The van der Waals surface area contributed by atoms with Crippen LogP contribution in [0.5, 0.6) is 0 Å². The fraction of sp³-hybridized carbons (Fsp3) is 0. The van der Waals surface area contributed by atoms with Gasteiger partial charge in [-0.1, -0.05) is 66.7 Å². The van der Waals surface area contributed by atoms with Gasteiger partial charge in [-0.2, -0.15) is 5.10 Å². The van der Waals surface area contributed by atoms with Gasteiger partial charge in [0, 0.05) is 17.3 Å². The van der Waals surface area contributed by atoms with E-state index in [1.807, 2.05) is 66.9 Å². The molecule has 2 aromatic carbocycles. The molecule has 0 saturated heterocycles. The molecule has 4 rings (SSSR count). The van der Waals surface area contributed by atoms with E-state index in [9.17, 15) is 4.79 Å². The number of carbonyl (C=O) groups excluding carboxylic acids is 1. The summed E-state index contributed by atoms with van der Waals surface area (Å²) >= 11 is 0. The van der Waals surface area contributed by atoms with Crippen molar-refractivity contribution in [3.05, 3.63) is 96.3 Å². The summed E-state index contributed by atoms with van der Waals surface area (Å²) in [6, 6.07) is 23.4. The molecule has 0 spiro atoms. The fourth-order valence-electron chi connectivity index (χ4n) is 2.71. The molecule has 3 heteroatoms. The molecule has 0 bridgehead atoms. The summed E-state index contributed by atoms with van der Waals surface area (Å²) in [6.07, 6.45) is 3.59. The number of carbonyl (C=O) groups is 1. The zero-order valence-corrected chi connectivity index (χ0v) is 12.4. The van der Waals surface area contributed by atoms with Crippen LogP contribution in [0.25, 0.3) is 16.6 Å². The normalized spacial score (nSPS) is 10.8. The Balaban J connectivity index is 1.78. The van der Waals surface area contributed by atoms with Crippen LogP contribution in [0, 0.1) is 0 Å². The molecular weight excluding hydrogens is 284 g/mol. The van der Waals surface area contributed by atoms with Crippen LogP contribution >= 0.6 is 0 Å². The third-order valence-electron chi connectivity index (χ3n) is 3.90. The van der Waals surface area contributed by atoms with E-state index < -0.39 is 0 Å². The number of ketones is 1. The van der Waals surface area contributed by atoms with Crippen molar-refractivity contribution in [2.24, 2.45) is 0 Å². The van der Waals surface area contributed by atoms with Crippen molar-refractivity contribution in [2.45, 2.75) is 0 Å². The van der Waals surface area contributed by atoms with Crippen molar-refractivity contribution < 1.29 is 4.79 Å². The highest BCUT2D eigenvalue weighted by Crippen LogP contribution is 2.22. The van der Waals surface area contributed by atoms with Gasteiger partial charge in [0.2, 0.25) is 0 Å². The number of hydrogen-bond donors (Lipinski definition) is 0. The highest BCUT2D eigenvalue weighted by atomic mass is 16.1. The van der Waals surface area contributed by atoms with E-state index in [0.717, 1.165) is 16.6 Å². The highest BCUT2D eigenvalue weighted by Gasteiger charge is 2.14. The maximum absolute atomic E-state index is 12.6. The minimum absolute atomic E-state index is 0.00642. The minimum Gasteiger partial charge on any atom is -0.288 e. The molecule has 0 unspecified atom stereocenters. The van der Waals surface area contributed by atoms with E-state index in [4.69, 9.17) is 0 Å². The molecule has 0 aliphatic carbocycles. The van der Waals surface area contributed by atoms with Crippen LogP contribution in [0.1, 0.15) is 15.9 Å². The van der Waals surface area contributed by atoms with Crippen LogP contribution in [0.2, 0.25) is 0 Å². The molecule has 0 radical (unpaired) electrons. The number of pyridine rings is 1. The first kappa shape index (κ1) is 13.5. The first-order valence-corrected chi connectivity index (χ1v) is 7.45. The SMILES string of the molecule is O=C(c1ccccc1)c1cnn2cc(-c3ccccc3)ccc12. The summed E-state index contributed by atoms with van der Waals surface area (Å²) in [4.78, 5) is 12.6. The Morgan fingerprint density at radius 2 is 1.48 bits per heavy atom. The molecule has 0 aliphatic rings. The van der Waals surface area contributed by atoms with Crippen LogP contribution in [0.15, 0.2) is 85.2 Å². The molecular formula is C20H14N2O. The minimum atomic E-state index is -0.00642. The molecule has 110 valence electrons. The first-order chi connectivity index (χ1) is 11.3. The van der Waals surface area contributed by atoms with E-state index in [0.29, 0.717) is 11.1 Å². The smallest absolute Gasteiger partial charge is 0.196 e. The van der Waals surface area contributed by atoms with Crippen molar-refractivity contribution in [1.82, 2.24) is 9.61 Å². The summed E-state index contributed by atoms with van der Waals surface area (Å²) in [6.45, 7) is 0. The fourth-order valence-corrected chi connectivity index (χ4v) is 2.71. The average molecular weight is 298 g/mol. The number of benzene rings is 2. The average Bonchev–Trinajstić information content (AvgIpc) is 3.05. The molecule has 0 N–H and O–H groups in total. The molecule has 23 heavy (non-hydrogen) atoms. The van der Waals surface area contributed by atoms with Gasteiger partial charge in [-0.05, 0) is 11.6 Å². The van der Waals surface area contributed by atoms with Gasteiger partial charge in [0.1, 0.15) is 0 Å². The third-order valence-corrected chi connectivity index (χ3v) is 3.90. The van der Waals surface area contributed by atoms with Gasteiger partial charge >= 0.3 is 0 Å². The Bertz CT molecular complexity index is 972. The molecule has 0 atom stereocenters. The Kier molecular flexibility index (Phi) is 3.24. The number of rotatable bonds is 3. The van der Waals surface area contributed by atoms with Gasteiger partial charge < -0.3 is 0 Å². The Labute approximate surface area is 133 Å². The maximum atomic E-state index is 12.6. The summed E-state index contributed by atoms with van der Waals surface area (Å²) < 4.78 is 1.76. The van der Waals surface area contributed by atoms with Gasteiger partial charge in [0.05, 0.1) is 17.3 Å². The lowest BCUT2D eigenvalue weighted by Crippen LogP contribution is -2.00. The molecule has 0 fully saturated rings. The van der Waals surface area contributed by atoms with Gasteiger partial charge in [-0.25, -0.2) is 4.52 Å². The zero-order chi connectivity index (χ0) is 15.6. The quantitative estimate of drug-likeness (QED) is 0.530. The topological polar surface area (TPSA) is 34.4 Å². The third kappa shape index (κ3) is 2.42. The Hall–Kier alpha value is -3.20. The van der Waals surface area contributed by atoms with E-state index in [1.165, 1.54) is 0 Å². The molecule has 0 amide bonds. The van der Waals surface area contributed by atoms with Crippen molar-refractivity contribution in [3.8, 4) is 11.1 Å². The van der Waals surface area contributed by atoms with Crippen molar-refractivity contribution in [1.29, 1.82) is 0 Å². The van der Waals surface area contributed by atoms with E-state index in [-0.39, 0.29) is 5.78 Å². The summed E-state index contributed by atoms with van der Waals surface area (Å²) in [5.41, 5.74) is 4.31. The zero-order valence-electron chi connectivity index (χ0n) is 12.4.